The summed E-state index contributed by atoms with van der Waals surface area (Å²) in [5.74, 6) is -1.07. The smallest absolute Gasteiger partial charge is 0.142 e. The number of halogens is 3. The molecule has 0 saturated heterocycles. The van der Waals surface area contributed by atoms with E-state index in [0.29, 0.717) is 12.1 Å². The summed E-state index contributed by atoms with van der Waals surface area (Å²) in [7, 11) is 0. The van der Waals surface area contributed by atoms with Gasteiger partial charge in [-0.2, -0.15) is 0 Å². The minimum absolute atomic E-state index is 0.103. The largest absolute Gasteiger partial charge is 0.313 e. The zero-order valence-corrected chi connectivity index (χ0v) is 12.4. The summed E-state index contributed by atoms with van der Waals surface area (Å²) in [6.07, 6.45) is 0.926. The van der Waals surface area contributed by atoms with Crippen LogP contribution in [0.15, 0.2) is 12.1 Å². The van der Waals surface area contributed by atoms with Gasteiger partial charge in [-0.25, -0.2) is 8.78 Å². The molecule has 0 atom stereocenters. The molecule has 1 aromatic rings. The molecule has 0 bridgehead atoms. The Kier molecular flexibility index (Phi) is 6.17. The van der Waals surface area contributed by atoms with E-state index in [1.165, 1.54) is 0 Å². The van der Waals surface area contributed by atoms with Crippen molar-refractivity contribution in [1.82, 2.24) is 10.6 Å². The van der Waals surface area contributed by atoms with Crippen molar-refractivity contribution in [3.8, 4) is 0 Å². The lowest BCUT2D eigenvalue weighted by Gasteiger charge is -2.20. The van der Waals surface area contributed by atoms with Crippen LogP contribution in [0.1, 0.15) is 32.8 Å². The Morgan fingerprint density at radius 3 is 2.42 bits per heavy atom. The normalized spacial score (nSPS) is 11.9. The summed E-state index contributed by atoms with van der Waals surface area (Å²) < 4.78 is 26.6. The van der Waals surface area contributed by atoms with E-state index in [1.807, 2.05) is 0 Å². The Morgan fingerprint density at radius 1 is 1.11 bits per heavy atom. The van der Waals surface area contributed by atoms with Crippen molar-refractivity contribution in [2.75, 3.05) is 13.1 Å². The first-order chi connectivity index (χ1) is 8.79. The van der Waals surface area contributed by atoms with E-state index >= 15 is 0 Å². The number of benzene rings is 1. The third-order valence-electron chi connectivity index (χ3n) is 2.59. The average Bonchev–Trinajstić information content (AvgIpc) is 2.28. The van der Waals surface area contributed by atoms with Gasteiger partial charge in [0.2, 0.25) is 0 Å². The topological polar surface area (TPSA) is 24.1 Å². The summed E-state index contributed by atoms with van der Waals surface area (Å²) in [5.41, 5.74) is 0.400. The van der Waals surface area contributed by atoms with Crippen molar-refractivity contribution in [2.24, 2.45) is 0 Å². The number of nitrogens with one attached hydrogen (secondary N) is 2. The maximum Gasteiger partial charge on any atom is 0.142 e. The van der Waals surface area contributed by atoms with Gasteiger partial charge in [-0.3, -0.25) is 0 Å². The van der Waals surface area contributed by atoms with Gasteiger partial charge in [-0.15, -0.1) is 0 Å². The van der Waals surface area contributed by atoms with Crippen molar-refractivity contribution < 1.29 is 8.78 Å². The summed E-state index contributed by atoms with van der Waals surface area (Å²) in [4.78, 5) is 0. The van der Waals surface area contributed by atoms with Gasteiger partial charge in [0.05, 0.1) is 5.02 Å². The predicted octanol–water partition coefficient (Wildman–Crippen LogP) is 3.49. The van der Waals surface area contributed by atoms with E-state index in [0.717, 1.165) is 31.6 Å². The van der Waals surface area contributed by atoms with Crippen LogP contribution in [0.3, 0.4) is 0 Å². The highest BCUT2D eigenvalue weighted by atomic mass is 35.5. The summed E-state index contributed by atoms with van der Waals surface area (Å²) in [6, 6.07) is 2.15. The van der Waals surface area contributed by atoms with Gasteiger partial charge in [0.15, 0.2) is 0 Å². The molecule has 2 N–H and O–H groups in total. The Hall–Kier alpha value is -0.710. The summed E-state index contributed by atoms with van der Waals surface area (Å²) in [5, 5.41) is 6.26. The molecule has 0 aliphatic heterocycles. The maximum atomic E-state index is 13.5. The highest BCUT2D eigenvalue weighted by Crippen LogP contribution is 2.19. The SMILES string of the molecule is CC(C)(C)NCCCNCc1cc(F)c(Cl)cc1F. The Morgan fingerprint density at radius 2 is 1.79 bits per heavy atom. The second-order valence-electron chi connectivity index (χ2n) is 5.56. The number of rotatable bonds is 6. The van der Waals surface area contributed by atoms with E-state index in [4.69, 9.17) is 11.6 Å². The second kappa shape index (κ2) is 7.17. The molecule has 0 fully saturated rings. The van der Waals surface area contributed by atoms with Crippen LogP contribution in [0.2, 0.25) is 5.02 Å². The fourth-order valence-electron chi connectivity index (χ4n) is 1.60. The zero-order valence-electron chi connectivity index (χ0n) is 11.6. The molecular formula is C14H21ClF2N2. The molecule has 1 rings (SSSR count). The maximum absolute atomic E-state index is 13.5. The Balaban J connectivity index is 2.28. The minimum atomic E-state index is -0.589. The van der Waals surface area contributed by atoms with E-state index in [2.05, 4.69) is 31.4 Å². The molecule has 0 aliphatic carbocycles. The first kappa shape index (κ1) is 16.3. The zero-order chi connectivity index (χ0) is 14.5. The highest BCUT2D eigenvalue weighted by molar-refractivity contribution is 6.30. The van der Waals surface area contributed by atoms with Gasteiger partial charge in [-0.05, 0) is 52.4 Å². The monoisotopic (exact) mass is 290 g/mol. The molecule has 5 heteroatoms. The molecule has 108 valence electrons. The number of hydrogen-bond acceptors (Lipinski definition) is 2. The van der Waals surface area contributed by atoms with Gasteiger partial charge >= 0.3 is 0 Å². The lowest BCUT2D eigenvalue weighted by molar-refractivity contribution is 0.418. The minimum Gasteiger partial charge on any atom is -0.313 e. The van der Waals surface area contributed by atoms with E-state index in [-0.39, 0.29) is 10.6 Å². The van der Waals surface area contributed by atoms with Crippen molar-refractivity contribution in [1.29, 1.82) is 0 Å². The fourth-order valence-corrected chi connectivity index (χ4v) is 1.75. The van der Waals surface area contributed by atoms with Gasteiger partial charge in [0, 0.05) is 17.6 Å². The summed E-state index contributed by atoms with van der Waals surface area (Å²) in [6.45, 7) is 8.24. The molecule has 0 unspecified atom stereocenters. The molecule has 0 heterocycles. The first-order valence-corrected chi connectivity index (χ1v) is 6.76. The molecule has 0 radical (unpaired) electrons. The van der Waals surface area contributed by atoms with Gasteiger partial charge in [-0.1, -0.05) is 11.6 Å². The second-order valence-corrected chi connectivity index (χ2v) is 5.97. The van der Waals surface area contributed by atoms with Crippen LogP contribution < -0.4 is 10.6 Å². The van der Waals surface area contributed by atoms with Crippen molar-refractivity contribution in [2.45, 2.75) is 39.3 Å². The van der Waals surface area contributed by atoms with Crippen LogP contribution in [0.4, 0.5) is 8.78 Å². The van der Waals surface area contributed by atoms with Crippen LogP contribution >= 0.6 is 11.6 Å². The van der Waals surface area contributed by atoms with Crippen LogP contribution in [0.5, 0.6) is 0 Å². The standard InChI is InChI=1S/C14H21ClF2N2/c1-14(2,3)19-6-4-5-18-9-10-7-13(17)11(15)8-12(10)16/h7-8,18-19H,4-6,9H2,1-3H3. The Labute approximate surface area is 118 Å². The number of hydrogen-bond donors (Lipinski definition) is 2. The molecule has 1 aromatic carbocycles. The Bertz CT molecular complexity index is 417. The van der Waals surface area contributed by atoms with Gasteiger partial charge in [0.25, 0.3) is 0 Å². The molecule has 0 amide bonds. The molecule has 0 aromatic heterocycles. The third kappa shape index (κ3) is 6.32. The highest BCUT2D eigenvalue weighted by Gasteiger charge is 2.09. The molecule has 0 aliphatic rings. The van der Waals surface area contributed by atoms with Crippen molar-refractivity contribution >= 4 is 11.6 Å². The molecular weight excluding hydrogens is 270 g/mol. The van der Waals surface area contributed by atoms with Gasteiger partial charge in [0.1, 0.15) is 11.6 Å². The quantitative estimate of drug-likeness (QED) is 0.619. The van der Waals surface area contributed by atoms with Crippen LogP contribution in [0.25, 0.3) is 0 Å². The summed E-state index contributed by atoms with van der Waals surface area (Å²) >= 11 is 5.49. The molecule has 19 heavy (non-hydrogen) atoms. The van der Waals surface area contributed by atoms with E-state index in [1.54, 1.807) is 0 Å². The third-order valence-corrected chi connectivity index (χ3v) is 2.88. The lowest BCUT2D eigenvalue weighted by atomic mass is 10.1. The average molecular weight is 291 g/mol. The van der Waals surface area contributed by atoms with E-state index in [9.17, 15) is 8.78 Å². The molecule has 2 nitrogen and oxygen atoms in total. The van der Waals surface area contributed by atoms with Crippen molar-refractivity contribution in [3.05, 3.63) is 34.4 Å². The first-order valence-electron chi connectivity index (χ1n) is 6.39. The van der Waals surface area contributed by atoms with Crippen LogP contribution in [-0.4, -0.2) is 18.6 Å². The fraction of sp³-hybridized carbons (Fsp3) is 0.571. The van der Waals surface area contributed by atoms with Crippen molar-refractivity contribution in [3.63, 3.8) is 0 Å². The van der Waals surface area contributed by atoms with Crippen LogP contribution in [0, 0.1) is 11.6 Å². The predicted molar refractivity (Wildman–Crippen MR) is 75.4 cm³/mol. The lowest BCUT2D eigenvalue weighted by Crippen LogP contribution is -2.37. The van der Waals surface area contributed by atoms with E-state index < -0.39 is 11.6 Å². The molecule has 0 spiro atoms. The van der Waals surface area contributed by atoms with Gasteiger partial charge < -0.3 is 10.6 Å². The van der Waals surface area contributed by atoms with Crippen LogP contribution in [-0.2, 0) is 6.54 Å². The molecule has 0 saturated carbocycles.